The summed E-state index contributed by atoms with van der Waals surface area (Å²) in [5.74, 6) is 0. The fourth-order valence-corrected chi connectivity index (χ4v) is 2.03. The van der Waals surface area contributed by atoms with Crippen LogP contribution in [0.25, 0.3) is 0 Å². The number of alkyl halides is 3. The lowest BCUT2D eigenvalue weighted by Gasteiger charge is -2.14. The first-order valence-electron chi connectivity index (χ1n) is 4.39. The maximum absolute atomic E-state index is 12.5. The smallest absolute Gasteiger partial charge is 0.395 e. The van der Waals surface area contributed by atoms with Crippen molar-refractivity contribution < 1.29 is 18.3 Å². The summed E-state index contributed by atoms with van der Waals surface area (Å²) in [5, 5.41) is 8.55. The van der Waals surface area contributed by atoms with Crippen molar-refractivity contribution in [2.75, 3.05) is 6.61 Å². The van der Waals surface area contributed by atoms with Crippen molar-refractivity contribution in [1.82, 2.24) is 0 Å². The van der Waals surface area contributed by atoms with Gasteiger partial charge in [0.1, 0.15) is 0 Å². The molecule has 0 fully saturated rings. The van der Waals surface area contributed by atoms with E-state index in [4.69, 9.17) is 5.11 Å². The van der Waals surface area contributed by atoms with Crippen LogP contribution in [0.1, 0.15) is 12.5 Å². The molecule has 1 unspecified atom stereocenters. The molecule has 0 heterocycles. The maximum Gasteiger partial charge on any atom is 0.417 e. The summed E-state index contributed by atoms with van der Waals surface area (Å²) in [6.07, 6.45) is -4.33. The Labute approximate surface area is 90.3 Å². The van der Waals surface area contributed by atoms with Gasteiger partial charge in [0.25, 0.3) is 0 Å². The zero-order valence-corrected chi connectivity index (χ0v) is 8.90. The van der Waals surface area contributed by atoms with Gasteiger partial charge in [-0.1, -0.05) is 19.1 Å². The molecule has 0 radical (unpaired) electrons. The summed E-state index contributed by atoms with van der Waals surface area (Å²) in [5.41, 5.74) is -0.643. The third-order valence-electron chi connectivity index (χ3n) is 1.78. The highest BCUT2D eigenvalue weighted by Gasteiger charge is 2.33. The normalized spacial score (nSPS) is 13.9. The molecule has 0 saturated heterocycles. The van der Waals surface area contributed by atoms with Crippen LogP contribution in [0.3, 0.4) is 0 Å². The monoisotopic (exact) mass is 236 g/mol. The van der Waals surface area contributed by atoms with Gasteiger partial charge in [-0.05, 0) is 12.1 Å². The van der Waals surface area contributed by atoms with Crippen LogP contribution in [0.15, 0.2) is 29.2 Å². The van der Waals surface area contributed by atoms with E-state index in [-0.39, 0.29) is 16.8 Å². The predicted octanol–water partition coefficient (Wildman–Crippen LogP) is 3.18. The summed E-state index contributed by atoms with van der Waals surface area (Å²) in [6, 6.07) is 5.38. The van der Waals surface area contributed by atoms with Crippen molar-refractivity contribution in [3.8, 4) is 0 Å². The molecule has 0 saturated carbocycles. The predicted molar refractivity (Wildman–Crippen MR) is 53.8 cm³/mol. The molecule has 0 aliphatic carbocycles. The van der Waals surface area contributed by atoms with E-state index in [1.807, 2.05) is 0 Å². The van der Waals surface area contributed by atoms with Gasteiger partial charge in [-0.2, -0.15) is 13.2 Å². The molecule has 0 bridgehead atoms. The van der Waals surface area contributed by atoms with Crippen LogP contribution >= 0.6 is 11.8 Å². The molecule has 0 aliphatic heterocycles. The standard InChI is InChI=1S/C10H11F3OS/c1-7(6-14)15-9-5-3-2-4-8(9)10(11,12)13/h2-5,7,14H,6H2,1H3. The van der Waals surface area contributed by atoms with E-state index in [0.29, 0.717) is 0 Å². The largest absolute Gasteiger partial charge is 0.417 e. The van der Waals surface area contributed by atoms with Crippen molar-refractivity contribution >= 4 is 11.8 Å². The number of hydrogen-bond donors (Lipinski definition) is 1. The fraction of sp³-hybridized carbons (Fsp3) is 0.400. The Morgan fingerprint density at radius 1 is 1.33 bits per heavy atom. The second-order valence-corrected chi connectivity index (χ2v) is 4.59. The number of hydrogen-bond acceptors (Lipinski definition) is 2. The van der Waals surface area contributed by atoms with Crippen LogP contribution in [-0.4, -0.2) is 17.0 Å². The average molecular weight is 236 g/mol. The molecular weight excluding hydrogens is 225 g/mol. The van der Waals surface area contributed by atoms with E-state index < -0.39 is 11.7 Å². The van der Waals surface area contributed by atoms with E-state index in [1.165, 1.54) is 12.1 Å². The fourth-order valence-electron chi connectivity index (χ4n) is 1.06. The molecule has 1 aromatic carbocycles. The van der Waals surface area contributed by atoms with Crippen LogP contribution in [0.5, 0.6) is 0 Å². The first-order valence-corrected chi connectivity index (χ1v) is 5.27. The van der Waals surface area contributed by atoms with Crippen LogP contribution in [0.4, 0.5) is 13.2 Å². The SMILES string of the molecule is CC(CO)Sc1ccccc1C(F)(F)F. The lowest BCUT2D eigenvalue weighted by Crippen LogP contribution is -2.09. The van der Waals surface area contributed by atoms with E-state index in [2.05, 4.69) is 0 Å². The summed E-state index contributed by atoms with van der Waals surface area (Å²) in [6.45, 7) is 1.54. The summed E-state index contributed by atoms with van der Waals surface area (Å²) in [7, 11) is 0. The third-order valence-corrected chi connectivity index (χ3v) is 2.94. The Morgan fingerprint density at radius 2 is 1.93 bits per heavy atom. The summed E-state index contributed by atoms with van der Waals surface area (Å²) < 4.78 is 37.6. The molecule has 0 aliphatic rings. The quantitative estimate of drug-likeness (QED) is 0.813. The number of thioether (sulfide) groups is 1. The summed E-state index contributed by atoms with van der Waals surface area (Å²) >= 11 is 1.03. The van der Waals surface area contributed by atoms with Gasteiger partial charge in [0.15, 0.2) is 0 Å². The van der Waals surface area contributed by atoms with Crippen molar-refractivity contribution in [2.24, 2.45) is 0 Å². The molecule has 1 atom stereocenters. The van der Waals surface area contributed by atoms with Crippen molar-refractivity contribution in [3.63, 3.8) is 0 Å². The van der Waals surface area contributed by atoms with Gasteiger partial charge < -0.3 is 5.11 Å². The van der Waals surface area contributed by atoms with Crippen LogP contribution in [0, 0.1) is 0 Å². The van der Waals surface area contributed by atoms with E-state index in [9.17, 15) is 13.2 Å². The topological polar surface area (TPSA) is 20.2 Å². The molecule has 1 N–H and O–H groups in total. The highest BCUT2D eigenvalue weighted by Crippen LogP contribution is 2.37. The zero-order valence-electron chi connectivity index (χ0n) is 8.08. The molecule has 1 aromatic rings. The average Bonchev–Trinajstić information content (AvgIpc) is 2.17. The van der Waals surface area contributed by atoms with Crippen LogP contribution < -0.4 is 0 Å². The van der Waals surface area contributed by atoms with E-state index >= 15 is 0 Å². The van der Waals surface area contributed by atoms with Gasteiger partial charge in [0.2, 0.25) is 0 Å². The molecule has 0 aromatic heterocycles. The minimum atomic E-state index is -4.33. The number of benzene rings is 1. The molecule has 0 spiro atoms. The lowest BCUT2D eigenvalue weighted by atomic mass is 10.2. The second kappa shape index (κ2) is 4.90. The van der Waals surface area contributed by atoms with Gasteiger partial charge in [-0.3, -0.25) is 0 Å². The maximum atomic E-state index is 12.5. The Balaban J connectivity index is 2.97. The number of aliphatic hydroxyl groups excluding tert-OH is 1. The number of halogens is 3. The van der Waals surface area contributed by atoms with Crippen molar-refractivity contribution in [1.29, 1.82) is 0 Å². The van der Waals surface area contributed by atoms with Gasteiger partial charge >= 0.3 is 6.18 Å². The van der Waals surface area contributed by atoms with E-state index in [0.717, 1.165) is 17.8 Å². The second-order valence-electron chi connectivity index (χ2n) is 3.10. The lowest BCUT2D eigenvalue weighted by molar-refractivity contribution is -0.139. The van der Waals surface area contributed by atoms with Gasteiger partial charge in [-0.25, -0.2) is 0 Å². The summed E-state index contributed by atoms with van der Waals surface area (Å²) in [4.78, 5) is 0.159. The van der Waals surface area contributed by atoms with Crippen molar-refractivity contribution in [2.45, 2.75) is 23.2 Å². The Morgan fingerprint density at radius 3 is 2.47 bits per heavy atom. The number of rotatable bonds is 3. The first kappa shape index (κ1) is 12.4. The molecular formula is C10H11F3OS. The molecule has 1 nitrogen and oxygen atoms in total. The molecule has 0 amide bonds. The Hall–Kier alpha value is -0.680. The number of aliphatic hydroxyl groups is 1. The molecule has 5 heteroatoms. The van der Waals surface area contributed by atoms with Crippen LogP contribution in [0.2, 0.25) is 0 Å². The van der Waals surface area contributed by atoms with Gasteiger partial charge in [0, 0.05) is 10.1 Å². The minimum Gasteiger partial charge on any atom is -0.395 e. The van der Waals surface area contributed by atoms with Crippen LogP contribution in [-0.2, 0) is 6.18 Å². The molecule has 15 heavy (non-hydrogen) atoms. The van der Waals surface area contributed by atoms with E-state index in [1.54, 1.807) is 13.0 Å². The minimum absolute atomic E-state index is 0.142. The Kier molecular flexibility index (Phi) is 4.04. The third kappa shape index (κ3) is 3.43. The Bertz CT molecular complexity index is 325. The highest BCUT2D eigenvalue weighted by atomic mass is 32.2. The first-order chi connectivity index (χ1) is 6.95. The van der Waals surface area contributed by atoms with Gasteiger partial charge in [0.05, 0.1) is 12.2 Å². The highest BCUT2D eigenvalue weighted by molar-refractivity contribution is 8.00. The molecule has 1 rings (SSSR count). The molecule has 84 valence electrons. The zero-order chi connectivity index (χ0) is 11.5. The van der Waals surface area contributed by atoms with Gasteiger partial charge in [-0.15, -0.1) is 11.8 Å². The van der Waals surface area contributed by atoms with Crippen molar-refractivity contribution in [3.05, 3.63) is 29.8 Å².